The zero-order chi connectivity index (χ0) is 14.1. The van der Waals surface area contributed by atoms with E-state index in [4.69, 9.17) is 5.11 Å². The molecular weight excluding hydrogens is 254 g/mol. The Hall–Kier alpha value is -1.46. The smallest absolute Gasteiger partial charge is 0.224 e. The van der Waals surface area contributed by atoms with Gasteiger partial charge in [-0.05, 0) is 25.5 Å². The summed E-state index contributed by atoms with van der Waals surface area (Å²) in [6.07, 6.45) is 1.58. The molecule has 2 atom stereocenters. The van der Waals surface area contributed by atoms with E-state index in [1.54, 1.807) is 0 Å². The second-order valence-electron chi connectivity index (χ2n) is 5.68. The van der Waals surface area contributed by atoms with Gasteiger partial charge >= 0.3 is 0 Å². The number of pyridine rings is 1. The number of likely N-dealkylation sites (tertiary alicyclic amines) is 2. The lowest BCUT2D eigenvalue weighted by Crippen LogP contribution is -2.38. The van der Waals surface area contributed by atoms with Crippen LogP contribution in [0.1, 0.15) is 24.2 Å². The average Bonchev–Trinajstić information content (AvgIpc) is 2.92. The van der Waals surface area contributed by atoms with E-state index in [0.29, 0.717) is 13.0 Å². The van der Waals surface area contributed by atoms with Crippen LogP contribution in [-0.4, -0.2) is 57.6 Å². The Kier molecular flexibility index (Phi) is 3.72. The molecular formula is C15H21N3O2. The number of β-amino-alcohol motifs (C(OH)–C–C–N with tert-alkyl or cyclic N) is 1. The Labute approximate surface area is 119 Å². The summed E-state index contributed by atoms with van der Waals surface area (Å²) < 4.78 is 0. The monoisotopic (exact) mass is 275 g/mol. The Balaban J connectivity index is 1.70. The van der Waals surface area contributed by atoms with Crippen LogP contribution in [0.15, 0.2) is 18.2 Å². The number of carbonyl (C=O) groups is 1. The van der Waals surface area contributed by atoms with Gasteiger partial charge < -0.3 is 10.0 Å². The predicted molar refractivity (Wildman–Crippen MR) is 75.0 cm³/mol. The molecule has 3 rings (SSSR count). The molecule has 1 amide bonds. The fourth-order valence-corrected chi connectivity index (χ4v) is 3.50. The van der Waals surface area contributed by atoms with Crippen LogP contribution in [0.25, 0.3) is 0 Å². The van der Waals surface area contributed by atoms with E-state index in [0.717, 1.165) is 30.9 Å². The van der Waals surface area contributed by atoms with Gasteiger partial charge in [-0.1, -0.05) is 6.07 Å². The van der Waals surface area contributed by atoms with Crippen LogP contribution in [-0.2, 0) is 11.3 Å². The summed E-state index contributed by atoms with van der Waals surface area (Å²) in [5, 5.41) is 9.08. The van der Waals surface area contributed by atoms with Crippen LogP contribution >= 0.6 is 0 Å². The second kappa shape index (κ2) is 5.50. The first-order valence-corrected chi connectivity index (χ1v) is 7.26. The largest absolute Gasteiger partial charge is 0.395 e. The van der Waals surface area contributed by atoms with Gasteiger partial charge in [0, 0.05) is 43.8 Å². The van der Waals surface area contributed by atoms with E-state index in [1.807, 2.05) is 30.0 Å². The minimum atomic E-state index is 0.0500. The van der Waals surface area contributed by atoms with Crippen LogP contribution in [0.2, 0.25) is 0 Å². The van der Waals surface area contributed by atoms with Gasteiger partial charge in [0.25, 0.3) is 0 Å². The molecule has 0 aromatic carbocycles. The van der Waals surface area contributed by atoms with E-state index in [9.17, 15) is 4.79 Å². The first-order chi connectivity index (χ1) is 9.69. The zero-order valence-corrected chi connectivity index (χ0v) is 11.8. The van der Waals surface area contributed by atoms with E-state index in [1.165, 1.54) is 0 Å². The van der Waals surface area contributed by atoms with E-state index in [2.05, 4.69) is 9.88 Å². The average molecular weight is 275 g/mol. The summed E-state index contributed by atoms with van der Waals surface area (Å²) in [5.74, 6) is 0.177. The maximum atomic E-state index is 12.0. The van der Waals surface area contributed by atoms with Crippen molar-refractivity contribution in [3.63, 3.8) is 0 Å². The molecule has 2 fully saturated rings. The molecule has 0 radical (unpaired) electrons. The molecule has 1 aromatic rings. The number of hydrogen-bond acceptors (Lipinski definition) is 4. The van der Waals surface area contributed by atoms with E-state index in [-0.39, 0.29) is 24.6 Å². The van der Waals surface area contributed by atoms with Crippen LogP contribution in [0.4, 0.5) is 0 Å². The van der Waals surface area contributed by atoms with E-state index < -0.39 is 0 Å². The SMILES string of the molecule is Cc1cccc(CN2CC[C@@H]3[C@H]2CC(=O)N3CCO)n1. The molecule has 0 spiro atoms. The molecule has 0 aliphatic carbocycles. The van der Waals surface area contributed by atoms with Gasteiger partial charge in [-0.15, -0.1) is 0 Å². The molecule has 2 saturated heterocycles. The highest BCUT2D eigenvalue weighted by Gasteiger charge is 2.46. The highest BCUT2D eigenvalue weighted by atomic mass is 16.3. The minimum Gasteiger partial charge on any atom is -0.395 e. The number of aliphatic hydroxyl groups excluding tert-OH is 1. The third-order valence-corrected chi connectivity index (χ3v) is 4.38. The topological polar surface area (TPSA) is 56.7 Å². The maximum Gasteiger partial charge on any atom is 0.224 e. The number of rotatable bonds is 4. The lowest BCUT2D eigenvalue weighted by Gasteiger charge is -2.24. The van der Waals surface area contributed by atoms with Gasteiger partial charge in [-0.2, -0.15) is 0 Å². The lowest BCUT2D eigenvalue weighted by molar-refractivity contribution is -0.129. The molecule has 2 aliphatic heterocycles. The van der Waals surface area contributed by atoms with Crippen molar-refractivity contribution in [2.45, 2.75) is 38.4 Å². The molecule has 3 heterocycles. The summed E-state index contributed by atoms with van der Waals surface area (Å²) in [7, 11) is 0. The Bertz CT molecular complexity index is 506. The number of hydrogen-bond donors (Lipinski definition) is 1. The summed E-state index contributed by atoms with van der Waals surface area (Å²) in [5.41, 5.74) is 2.10. The number of aromatic nitrogens is 1. The summed E-state index contributed by atoms with van der Waals surface area (Å²) >= 11 is 0. The molecule has 1 aromatic heterocycles. The quantitative estimate of drug-likeness (QED) is 0.872. The number of carbonyl (C=O) groups excluding carboxylic acids is 1. The number of amides is 1. The number of nitrogens with zero attached hydrogens (tertiary/aromatic N) is 3. The zero-order valence-electron chi connectivity index (χ0n) is 11.8. The Morgan fingerprint density at radius 3 is 3.00 bits per heavy atom. The van der Waals surface area contributed by atoms with Crippen molar-refractivity contribution in [2.24, 2.45) is 0 Å². The fraction of sp³-hybridized carbons (Fsp3) is 0.600. The van der Waals surface area contributed by atoms with Crippen molar-refractivity contribution >= 4 is 5.91 Å². The number of aliphatic hydroxyl groups is 1. The molecule has 5 nitrogen and oxygen atoms in total. The van der Waals surface area contributed by atoms with Gasteiger partial charge in [-0.25, -0.2) is 0 Å². The van der Waals surface area contributed by atoms with Crippen molar-refractivity contribution in [3.05, 3.63) is 29.6 Å². The van der Waals surface area contributed by atoms with Gasteiger partial charge in [0.2, 0.25) is 5.91 Å². The summed E-state index contributed by atoms with van der Waals surface area (Å²) in [4.78, 5) is 20.8. The van der Waals surface area contributed by atoms with Gasteiger partial charge in [0.1, 0.15) is 0 Å². The standard InChI is InChI=1S/C15H21N3O2/c1-11-3-2-4-12(16-11)10-17-6-5-13-14(17)9-15(20)18(13)7-8-19/h2-4,13-14,19H,5-10H2,1H3/t13-,14-/m1/s1. The molecule has 5 heteroatoms. The Morgan fingerprint density at radius 1 is 1.40 bits per heavy atom. The number of aryl methyl sites for hydroxylation is 1. The van der Waals surface area contributed by atoms with E-state index >= 15 is 0 Å². The van der Waals surface area contributed by atoms with Gasteiger partial charge in [-0.3, -0.25) is 14.7 Å². The first-order valence-electron chi connectivity index (χ1n) is 7.26. The van der Waals surface area contributed by atoms with Crippen molar-refractivity contribution in [1.82, 2.24) is 14.8 Å². The van der Waals surface area contributed by atoms with Crippen LogP contribution < -0.4 is 0 Å². The van der Waals surface area contributed by atoms with Crippen molar-refractivity contribution in [1.29, 1.82) is 0 Å². The van der Waals surface area contributed by atoms with Crippen molar-refractivity contribution < 1.29 is 9.90 Å². The third kappa shape index (κ3) is 2.43. The van der Waals surface area contributed by atoms with Crippen molar-refractivity contribution in [2.75, 3.05) is 19.7 Å². The molecule has 20 heavy (non-hydrogen) atoms. The van der Waals surface area contributed by atoms with Gasteiger partial charge in [0.15, 0.2) is 0 Å². The summed E-state index contributed by atoms with van der Waals surface area (Å²) in [6.45, 7) is 4.33. The maximum absolute atomic E-state index is 12.0. The molecule has 0 unspecified atom stereocenters. The summed E-state index contributed by atoms with van der Waals surface area (Å²) in [6, 6.07) is 6.64. The fourth-order valence-electron chi connectivity index (χ4n) is 3.50. The lowest BCUT2D eigenvalue weighted by atomic mass is 10.1. The van der Waals surface area contributed by atoms with Crippen LogP contribution in [0.3, 0.4) is 0 Å². The normalized spacial score (nSPS) is 26.3. The Morgan fingerprint density at radius 2 is 2.25 bits per heavy atom. The molecule has 108 valence electrons. The molecule has 0 saturated carbocycles. The predicted octanol–water partition coefficient (Wildman–Crippen LogP) is 0.558. The minimum absolute atomic E-state index is 0.0500. The molecule has 0 bridgehead atoms. The van der Waals surface area contributed by atoms with Gasteiger partial charge in [0.05, 0.1) is 12.3 Å². The first kappa shape index (κ1) is 13.5. The highest BCUT2D eigenvalue weighted by Crippen LogP contribution is 2.32. The third-order valence-electron chi connectivity index (χ3n) is 4.38. The van der Waals surface area contributed by atoms with Crippen LogP contribution in [0.5, 0.6) is 0 Å². The molecule has 2 aliphatic rings. The molecule has 1 N–H and O–H groups in total. The van der Waals surface area contributed by atoms with Crippen molar-refractivity contribution in [3.8, 4) is 0 Å². The second-order valence-corrected chi connectivity index (χ2v) is 5.68. The van der Waals surface area contributed by atoms with Crippen LogP contribution in [0, 0.1) is 6.92 Å². The highest BCUT2D eigenvalue weighted by molar-refractivity contribution is 5.80. The number of fused-ring (bicyclic) bond motifs is 1.